The first-order valence-corrected chi connectivity index (χ1v) is 11.3. The SMILES string of the molecule is CC[C@H](NC(=O)[C@H]1CN(S(C)(=O)=O)c2cc(C)ccc2O1)c1ccc(OC)cc1. The summed E-state index contributed by atoms with van der Waals surface area (Å²) in [5, 5.41) is 2.98. The first kappa shape index (κ1) is 21.0. The minimum Gasteiger partial charge on any atom is -0.497 e. The lowest BCUT2D eigenvalue weighted by Gasteiger charge is -2.34. The average Bonchev–Trinajstić information content (AvgIpc) is 2.70. The van der Waals surface area contributed by atoms with Crippen molar-refractivity contribution in [3.05, 3.63) is 53.6 Å². The van der Waals surface area contributed by atoms with Gasteiger partial charge in [0, 0.05) is 0 Å². The molecule has 156 valence electrons. The molecule has 3 rings (SSSR count). The average molecular weight is 419 g/mol. The van der Waals surface area contributed by atoms with Gasteiger partial charge in [-0.1, -0.05) is 25.1 Å². The molecule has 0 unspecified atom stereocenters. The lowest BCUT2D eigenvalue weighted by atomic mass is 10.0. The van der Waals surface area contributed by atoms with Crippen molar-refractivity contribution >= 4 is 21.6 Å². The van der Waals surface area contributed by atoms with Gasteiger partial charge in [-0.25, -0.2) is 8.42 Å². The van der Waals surface area contributed by atoms with Crippen molar-refractivity contribution in [2.24, 2.45) is 0 Å². The third-order valence-electron chi connectivity index (χ3n) is 4.92. The number of hydrogen-bond acceptors (Lipinski definition) is 5. The van der Waals surface area contributed by atoms with Crippen LogP contribution in [0.15, 0.2) is 42.5 Å². The van der Waals surface area contributed by atoms with Crippen LogP contribution in [0.2, 0.25) is 0 Å². The van der Waals surface area contributed by atoms with Gasteiger partial charge in [-0.3, -0.25) is 9.10 Å². The Morgan fingerprint density at radius 2 is 1.97 bits per heavy atom. The van der Waals surface area contributed by atoms with Crippen LogP contribution in [-0.4, -0.2) is 40.3 Å². The van der Waals surface area contributed by atoms with E-state index in [1.165, 1.54) is 4.31 Å². The molecule has 0 saturated carbocycles. The first-order chi connectivity index (χ1) is 13.7. The summed E-state index contributed by atoms with van der Waals surface area (Å²) in [6.07, 6.45) is 0.870. The van der Waals surface area contributed by atoms with Crippen LogP contribution < -0.4 is 19.1 Å². The summed E-state index contributed by atoms with van der Waals surface area (Å²) in [7, 11) is -1.96. The molecule has 1 aliphatic rings. The molecule has 1 heterocycles. The van der Waals surface area contributed by atoms with E-state index in [4.69, 9.17) is 9.47 Å². The minimum absolute atomic E-state index is 0.0693. The lowest BCUT2D eigenvalue weighted by Crippen LogP contribution is -2.51. The number of nitrogens with zero attached hydrogens (tertiary/aromatic N) is 1. The summed E-state index contributed by atoms with van der Waals surface area (Å²) < 4.78 is 36.9. The molecule has 2 atom stereocenters. The van der Waals surface area contributed by atoms with Gasteiger partial charge in [0.15, 0.2) is 6.10 Å². The Morgan fingerprint density at radius 1 is 1.28 bits per heavy atom. The number of methoxy groups -OCH3 is 1. The Bertz CT molecular complexity index is 989. The first-order valence-electron chi connectivity index (χ1n) is 9.42. The summed E-state index contributed by atoms with van der Waals surface area (Å²) >= 11 is 0. The molecular weight excluding hydrogens is 392 g/mol. The van der Waals surface area contributed by atoms with Gasteiger partial charge in [-0.15, -0.1) is 0 Å². The number of benzene rings is 2. The fourth-order valence-electron chi connectivity index (χ4n) is 3.33. The van der Waals surface area contributed by atoms with Crippen molar-refractivity contribution in [3.8, 4) is 11.5 Å². The van der Waals surface area contributed by atoms with Crippen LogP contribution in [0.3, 0.4) is 0 Å². The molecule has 0 aromatic heterocycles. The number of aryl methyl sites for hydroxylation is 1. The van der Waals surface area contributed by atoms with Crippen LogP contribution >= 0.6 is 0 Å². The smallest absolute Gasteiger partial charge is 0.263 e. The molecule has 0 saturated heterocycles. The number of hydrogen-bond donors (Lipinski definition) is 1. The summed E-state index contributed by atoms with van der Waals surface area (Å²) in [4.78, 5) is 12.9. The van der Waals surface area contributed by atoms with E-state index in [0.717, 1.165) is 23.1 Å². The maximum atomic E-state index is 12.9. The van der Waals surface area contributed by atoms with Gasteiger partial charge in [0.1, 0.15) is 11.5 Å². The van der Waals surface area contributed by atoms with Gasteiger partial charge in [-0.2, -0.15) is 0 Å². The number of anilines is 1. The summed E-state index contributed by atoms with van der Waals surface area (Å²) in [5.74, 6) is 0.763. The van der Waals surface area contributed by atoms with Crippen molar-refractivity contribution in [3.63, 3.8) is 0 Å². The Labute approximate surface area is 171 Å². The van der Waals surface area contributed by atoms with Crippen LogP contribution in [0.1, 0.15) is 30.5 Å². The molecule has 2 aromatic carbocycles. The number of nitrogens with one attached hydrogen (secondary N) is 1. The zero-order valence-corrected chi connectivity index (χ0v) is 17.8. The van der Waals surface area contributed by atoms with Crippen molar-refractivity contribution in [1.82, 2.24) is 5.32 Å². The predicted octanol–water partition coefficient (Wildman–Crippen LogP) is 2.80. The second kappa shape index (κ2) is 8.32. The van der Waals surface area contributed by atoms with E-state index < -0.39 is 16.1 Å². The van der Waals surface area contributed by atoms with Crippen molar-refractivity contribution < 1.29 is 22.7 Å². The van der Waals surface area contributed by atoms with E-state index in [9.17, 15) is 13.2 Å². The van der Waals surface area contributed by atoms with E-state index in [0.29, 0.717) is 17.9 Å². The zero-order valence-electron chi connectivity index (χ0n) is 17.0. The van der Waals surface area contributed by atoms with E-state index >= 15 is 0 Å². The molecule has 0 bridgehead atoms. The van der Waals surface area contributed by atoms with E-state index in [2.05, 4.69) is 5.32 Å². The van der Waals surface area contributed by atoms with E-state index in [1.807, 2.05) is 44.2 Å². The van der Waals surface area contributed by atoms with E-state index in [1.54, 1.807) is 19.2 Å². The Hall–Kier alpha value is -2.74. The second-order valence-electron chi connectivity index (χ2n) is 7.11. The maximum Gasteiger partial charge on any atom is 0.263 e. The summed E-state index contributed by atoms with van der Waals surface area (Å²) in [6.45, 7) is 3.78. The molecule has 1 amide bonds. The number of rotatable bonds is 6. The van der Waals surface area contributed by atoms with Gasteiger partial charge in [0.2, 0.25) is 10.0 Å². The van der Waals surface area contributed by atoms with Gasteiger partial charge < -0.3 is 14.8 Å². The molecular formula is C21H26N2O5S. The van der Waals surface area contributed by atoms with E-state index in [-0.39, 0.29) is 18.5 Å². The third kappa shape index (κ3) is 4.64. The molecule has 1 N–H and O–H groups in total. The number of sulfonamides is 1. The fourth-order valence-corrected chi connectivity index (χ4v) is 4.24. The highest BCUT2D eigenvalue weighted by atomic mass is 32.2. The van der Waals surface area contributed by atoms with Crippen LogP contribution in [0.4, 0.5) is 5.69 Å². The highest BCUT2D eigenvalue weighted by Gasteiger charge is 2.35. The molecule has 0 aliphatic carbocycles. The number of ether oxygens (including phenoxy) is 2. The zero-order chi connectivity index (χ0) is 21.2. The normalized spacial score (nSPS) is 17.1. The van der Waals surface area contributed by atoms with Crippen LogP contribution in [0.5, 0.6) is 11.5 Å². The molecule has 0 spiro atoms. The van der Waals surface area contributed by atoms with Crippen molar-refractivity contribution in [2.45, 2.75) is 32.4 Å². The number of carbonyl (C=O) groups excluding carboxylic acids is 1. The minimum atomic E-state index is -3.56. The largest absolute Gasteiger partial charge is 0.497 e. The molecule has 1 aliphatic heterocycles. The van der Waals surface area contributed by atoms with Crippen molar-refractivity contribution in [2.75, 3.05) is 24.2 Å². The Morgan fingerprint density at radius 3 is 2.55 bits per heavy atom. The van der Waals surface area contributed by atoms with Crippen LogP contribution in [-0.2, 0) is 14.8 Å². The quantitative estimate of drug-likeness (QED) is 0.780. The fraction of sp³-hybridized carbons (Fsp3) is 0.381. The third-order valence-corrected chi connectivity index (χ3v) is 6.07. The molecule has 0 fully saturated rings. The van der Waals surface area contributed by atoms with Crippen LogP contribution in [0, 0.1) is 6.92 Å². The molecule has 0 radical (unpaired) electrons. The number of carbonyl (C=O) groups is 1. The summed E-state index contributed by atoms with van der Waals surface area (Å²) in [5.41, 5.74) is 2.31. The van der Waals surface area contributed by atoms with Gasteiger partial charge >= 0.3 is 0 Å². The monoisotopic (exact) mass is 418 g/mol. The van der Waals surface area contributed by atoms with Gasteiger partial charge in [-0.05, 0) is 48.7 Å². The highest BCUT2D eigenvalue weighted by molar-refractivity contribution is 7.92. The topological polar surface area (TPSA) is 84.9 Å². The second-order valence-corrected chi connectivity index (χ2v) is 9.02. The molecule has 2 aromatic rings. The predicted molar refractivity (Wildman–Crippen MR) is 112 cm³/mol. The van der Waals surface area contributed by atoms with Gasteiger partial charge in [0.05, 0.1) is 31.6 Å². The van der Waals surface area contributed by atoms with Crippen molar-refractivity contribution in [1.29, 1.82) is 0 Å². The standard InChI is InChI=1S/C21H26N2O5S/c1-5-17(15-7-9-16(27-3)10-8-15)22-21(24)20-13-23(29(4,25)26)18-12-14(2)6-11-19(18)28-20/h6-12,17,20H,5,13H2,1-4H3,(H,22,24)/t17-,20+/m0/s1. The molecule has 8 heteroatoms. The Kier molecular flexibility index (Phi) is 6.02. The summed E-state index contributed by atoms with van der Waals surface area (Å²) in [6, 6.07) is 12.5. The lowest BCUT2D eigenvalue weighted by molar-refractivity contribution is -0.128. The van der Waals surface area contributed by atoms with Gasteiger partial charge in [0.25, 0.3) is 5.91 Å². The Balaban J connectivity index is 1.82. The number of amides is 1. The molecule has 7 nitrogen and oxygen atoms in total. The highest BCUT2D eigenvalue weighted by Crippen LogP contribution is 2.36. The maximum absolute atomic E-state index is 12.9. The number of fused-ring (bicyclic) bond motifs is 1. The molecule has 29 heavy (non-hydrogen) atoms. The van der Waals surface area contributed by atoms with Crippen LogP contribution in [0.25, 0.3) is 0 Å².